The second kappa shape index (κ2) is 11.8. The van der Waals surface area contributed by atoms with Gasteiger partial charge in [-0.3, -0.25) is 10.1 Å². The van der Waals surface area contributed by atoms with Crippen molar-refractivity contribution < 1.29 is 33.9 Å². The predicted molar refractivity (Wildman–Crippen MR) is 119 cm³/mol. The normalized spacial score (nSPS) is 15.6. The number of carbonyl (C=O) groups is 2. The highest BCUT2D eigenvalue weighted by molar-refractivity contribution is 6.00. The third-order valence-electron chi connectivity index (χ3n) is 5.06. The van der Waals surface area contributed by atoms with Crippen molar-refractivity contribution in [1.82, 2.24) is 5.32 Å². The molecular weight excluding hydrogens is 450 g/mol. The van der Waals surface area contributed by atoms with Crippen LogP contribution in [0.25, 0.3) is 0 Å². The maximum absolute atomic E-state index is 13.1. The molecule has 0 amide bonds. The summed E-state index contributed by atoms with van der Waals surface area (Å²) in [7, 11) is 0. The number of dihydropyridines is 1. The van der Waals surface area contributed by atoms with Crippen molar-refractivity contribution >= 4 is 17.6 Å². The zero-order valence-corrected chi connectivity index (χ0v) is 19.4. The zero-order chi connectivity index (χ0) is 25.4. The van der Waals surface area contributed by atoms with Crippen LogP contribution in [0.1, 0.15) is 45.6 Å². The van der Waals surface area contributed by atoms with Gasteiger partial charge in [-0.25, -0.2) is 9.59 Å². The van der Waals surface area contributed by atoms with Gasteiger partial charge in [-0.15, -0.1) is 10.1 Å². The van der Waals surface area contributed by atoms with Gasteiger partial charge >= 0.3 is 11.9 Å². The molecule has 0 saturated heterocycles. The monoisotopic (exact) mass is 477 g/mol. The molecule has 0 spiro atoms. The second-order valence-electron chi connectivity index (χ2n) is 8.00. The molecular formula is C22H27N3O9. The number of rotatable bonds is 11. The topological polar surface area (TPSA) is 160 Å². The molecule has 12 heteroatoms. The summed E-state index contributed by atoms with van der Waals surface area (Å²) < 4.78 is 10.6. The van der Waals surface area contributed by atoms with Crippen LogP contribution in [0.5, 0.6) is 0 Å². The molecule has 0 aliphatic carbocycles. The van der Waals surface area contributed by atoms with E-state index in [4.69, 9.17) is 9.47 Å². The Labute approximate surface area is 195 Å². The highest BCUT2D eigenvalue weighted by Crippen LogP contribution is 2.40. The molecule has 184 valence electrons. The summed E-state index contributed by atoms with van der Waals surface area (Å²) in [6, 6.07) is 5.59. The minimum Gasteiger partial charge on any atom is -0.462 e. The van der Waals surface area contributed by atoms with Gasteiger partial charge in [0.25, 0.3) is 10.8 Å². The van der Waals surface area contributed by atoms with Gasteiger partial charge in [-0.1, -0.05) is 26.0 Å². The molecule has 1 aliphatic heterocycles. The molecule has 0 aromatic heterocycles. The molecule has 34 heavy (non-hydrogen) atoms. The molecule has 0 bridgehead atoms. The summed E-state index contributed by atoms with van der Waals surface area (Å²) in [6.07, 6.45) is 0.632. The quantitative estimate of drug-likeness (QED) is 0.217. The summed E-state index contributed by atoms with van der Waals surface area (Å²) in [5.74, 6) is -2.24. The maximum Gasteiger partial charge on any atom is 0.336 e. The van der Waals surface area contributed by atoms with Crippen molar-refractivity contribution in [3.63, 3.8) is 0 Å². The standard InChI is InChI=1S/C22H27N3O9/c1-13(2)8-9-32-21(26)18-14(3)23-15(4)19(22(27)33-10-11-34-25(30)31)20(18)16-6-5-7-17(12-16)24(28)29/h5-7,12-13,20,23H,8-11H2,1-4H3. The van der Waals surface area contributed by atoms with Crippen molar-refractivity contribution in [2.75, 3.05) is 19.8 Å². The second-order valence-corrected chi connectivity index (χ2v) is 8.00. The third-order valence-corrected chi connectivity index (χ3v) is 5.06. The van der Waals surface area contributed by atoms with E-state index in [0.29, 0.717) is 29.3 Å². The largest absolute Gasteiger partial charge is 0.462 e. The van der Waals surface area contributed by atoms with Crippen molar-refractivity contribution in [2.45, 2.75) is 40.0 Å². The Kier molecular flexibility index (Phi) is 9.10. The van der Waals surface area contributed by atoms with Crippen molar-refractivity contribution in [3.05, 3.63) is 72.6 Å². The Bertz CT molecular complexity index is 1030. The number of nitro groups is 1. The van der Waals surface area contributed by atoms with E-state index in [1.165, 1.54) is 18.2 Å². The minimum atomic E-state index is -1.02. The molecule has 1 heterocycles. The van der Waals surface area contributed by atoms with E-state index >= 15 is 0 Å². The molecule has 1 aromatic carbocycles. The fraction of sp³-hybridized carbons (Fsp3) is 0.455. The van der Waals surface area contributed by atoms with E-state index in [1.54, 1.807) is 19.9 Å². The number of nitro benzene ring substituents is 1. The van der Waals surface area contributed by atoms with Crippen molar-refractivity contribution in [2.24, 2.45) is 5.92 Å². The van der Waals surface area contributed by atoms with Gasteiger partial charge < -0.3 is 19.6 Å². The van der Waals surface area contributed by atoms with Crippen LogP contribution in [0, 0.1) is 26.1 Å². The van der Waals surface area contributed by atoms with Gasteiger partial charge in [0.05, 0.1) is 28.6 Å². The number of hydrogen-bond acceptors (Lipinski definition) is 10. The van der Waals surface area contributed by atoms with Gasteiger partial charge in [0, 0.05) is 23.5 Å². The smallest absolute Gasteiger partial charge is 0.336 e. The van der Waals surface area contributed by atoms with Crippen LogP contribution >= 0.6 is 0 Å². The Balaban J connectivity index is 2.46. The number of ether oxygens (including phenoxy) is 2. The lowest BCUT2D eigenvalue weighted by Gasteiger charge is -2.30. The number of benzene rings is 1. The first-order valence-corrected chi connectivity index (χ1v) is 10.6. The number of nitrogens with zero attached hydrogens (tertiary/aromatic N) is 2. The van der Waals surface area contributed by atoms with Crippen LogP contribution in [-0.4, -0.2) is 41.8 Å². The van der Waals surface area contributed by atoms with E-state index in [2.05, 4.69) is 10.2 Å². The van der Waals surface area contributed by atoms with Crippen molar-refractivity contribution in [3.8, 4) is 0 Å². The molecule has 1 N–H and O–H groups in total. The van der Waals surface area contributed by atoms with Crippen LogP contribution in [0.4, 0.5) is 5.69 Å². The fourth-order valence-corrected chi connectivity index (χ4v) is 3.48. The van der Waals surface area contributed by atoms with E-state index in [9.17, 15) is 29.8 Å². The van der Waals surface area contributed by atoms with E-state index in [0.717, 1.165) is 0 Å². The highest BCUT2D eigenvalue weighted by Gasteiger charge is 2.38. The lowest BCUT2D eigenvalue weighted by Crippen LogP contribution is -2.33. The van der Waals surface area contributed by atoms with E-state index in [-0.39, 0.29) is 23.4 Å². The molecule has 0 saturated carbocycles. The molecule has 1 aliphatic rings. The minimum absolute atomic E-state index is 0.0306. The van der Waals surface area contributed by atoms with Gasteiger partial charge in [0.2, 0.25) is 0 Å². The van der Waals surface area contributed by atoms with Crippen LogP contribution < -0.4 is 5.32 Å². The first-order valence-electron chi connectivity index (χ1n) is 10.6. The number of non-ortho nitro benzene ring substituents is 1. The molecule has 0 radical (unpaired) electrons. The Morgan fingerprint density at radius 3 is 2.12 bits per heavy atom. The van der Waals surface area contributed by atoms with Gasteiger partial charge in [-0.2, -0.15) is 0 Å². The maximum atomic E-state index is 13.1. The lowest BCUT2D eigenvalue weighted by atomic mass is 9.80. The highest BCUT2D eigenvalue weighted by atomic mass is 17.0. The number of nitrogens with one attached hydrogen (secondary N) is 1. The summed E-state index contributed by atoms with van der Waals surface area (Å²) in [5.41, 5.74) is 1.04. The summed E-state index contributed by atoms with van der Waals surface area (Å²) in [4.78, 5) is 51.3. The molecule has 1 atom stereocenters. The molecule has 12 nitrogen and oxygen atoms in total. The summed E-state index contributed by atoms with van der Waals surface area (Å²) in [6.45, 7) is 6.48. The Morgan fingerprint density at radius 1 is 1.00 bits per heavy atom. The summed E-state index contributed by atoms with van der Waals surface area (Å²) >= 11 is 0. The van der Waals surface area contributed by atoms with E-state index < -0.39 is 41.1 Å². The molecule has 1 aromatic rings. The molecule has 1 unspecified atom stereocenters. The van der Waals surface area contributed by atoms with Crippen LogP contribution in [-0.2, 0) is 23.9 Å². The first kappa shape index (κ1) is 26.3. The number of carbonyl (C=O) groups excluding carboxylic acids is 2. The van der Waals surface area contributed by atoms with Gasteiger partial charge in [0.1, 0.15) is 13.2 Å². The predicted octanol–water partition coefficient (Wildman–Crippen LogP) is 3.17. The average molecular weight is 477 g/mol. The first-order chi connectivity index (χ1) is 16.0. The Morgan fingerprint density at radius 2 is 1.59 bits per heavy atom. The number of hydrogen-bond donors (Lipinski definition) is 1. The molecule has 0 fully saturated rings. The molecule has 2 rings (SSSR count). The zero-order valence-electron chi connectivity index (χ0n) is 19.4. The van der Waals surface area contributed by atoms with E-state index in [1.807, 2.05) is 13.8 Å². The number of esters is 2. The Hall–Kier alpha value is -3.96. The van der Waals surface area contributed by atoms with Crippen LogP contribution in [0.3, 0.4) is 0 Å². The summed E-state index contributed by atoms with van der Waals surface area (Å²) in [5, 5.41) is 23.6. The third kappa shape index (κ3) is 6.77. The number of allylic oxidation sites excluding steroid dienone is 2. The average Bonchev–Trinajstić information content (AvgIpc) is 2.75. The van der Waals surface area contributed by atoms with Crippen LogP contribution in [0.2, 0.25) is 0 Å². The SMILES string of the molecule is CC1=C(C(=O)OCCO[N+](=O)[O-])C(c2cccc([N+](=O)[O-])c2)C(C(=O)OCCC(C)C)=C(C)N1. The van der Waals surface area contributed by atoms with Crippen molar-refractivity contribution in [1.29, 1.82) is 0 Å². The van der Waals surface area contributed by atoms with Gasteiger partial charge in [-0.05, 0) is 31.7 Å². The lowest BCUT2D eigenvalue weighted by molar-refractivity contribution is -0.757. The van der Waals surface area contributed by atoms with Crippen LogP contribution in [0.15, 0.2) is 46.8 Å². The van der Waals surface area contributed by atoms with Gasteiger partial charge in [0.15, 0.2) is 0 Å². The fourth-order valence-electron chi connectivity index (χ4n) is 3.48.